The molecule has 10 heteroatoms. The minimum Gasteiger partial charge on any atom is -0.364 e. The van der Waals surface area contributed by atoms with E-state index in [-0.39, 0.29) is 29.4 Å². The molecule has 8 nitrogen and oxygen atoms in total. The Balaban J connectivity index is 1.68. The van der Waals surface area contributed by atoms with Crippen LogP contribution in [0.2, 0.25) is 5.02 Å². The summed E-state index contributed by atoms with van der Waals surface area (Å²) in [5.74, 6) is -2.16. The van der Waals surface area contributed by atoms with Gasteiger partial charge in [0.2, 0.25) is 11.8 Å². The lowest BCUT2D eigenvalue weighted by Gasteiger charge is -2.24. The van der Waals surface area contributed by atoms with Crippen molar-refractivity contribution in [3.05, 3.63) is 64.6 Å². The van der Waals surface area contributed by atoms with Gasteiger partial charge in [0.15, 0.2) is 5.69 Å². The zero-order valence-electron chi connectivity index (χ0n) is 16.9. The van der Waals surface area contributed by atoms with Gasteiger partial charge in [0.05, 0.1) is 10.5 Å². The van der Waals surface area contributed by atoms with E-state index in [9.17, 15) is 18.8 Å². The minimum atomic E-state index is -0.827. The summed E-state index contributed by atoms with van der Waals surface area (Å²) in [5.41, 5.74) is 6.26. The molecule has 0 aliphatic carbocycles. The number of benzene rings is 2. The Bertz CT molecular complexity index is 1160. The highest BCUT2D eigenvalue weighted by Gasteiger charge is 2.24. The Kier molecular flexibility index (Phi) is 6.55. The van der Waals surface area contributed by atoms with Gasteiger partial charge in [-0.3, -0.25) is 19.1 Å². The minimum absolute atomic E-state index is 0.0335. The highest BCUT2D eigenvalue weighted by atomic mass is 35.5. The fourth-order valence-corrected chi connectivity index (χ4v) is 3.27. The monoisotopic (exact) mass is 445 g/mol. The second-order valence-corrected chi connectivity index (χ2v) is 7.41. The number of halogens is 2. The second kappa shape index (κ2) is 9.13. The summed E-state index contributed by atoms with van der Waals surface area (Å²) in [5, 5.41) is 7.26. The van der Waals surface area contributed by atoms with Crippen LogP contribution in [0.5, 0.6) is 0 Å². The number of para-hydroxylation sites is 1. The molecule has 3 aromatic rings. The van der Waals surface area contributed by atoms with E-state index in [4.69, 9.17) is 17.3 Å². The van der Waals surface area contributed by atoms with Gasteiger partial charge in [-0.1, -0.05) is 41.9 Å². The Morgan fingerprint density at radius 2 is 1.94 bits per heavy atom. The van der Waals surface area contributed by atoms with Crippen molar-refractivity contribution in [1.82, 2.24) is 20.0 Å². The van der Waals surface area contributed by atoms with Crippen LogP contribution in [0.4, 0.5) is 4.39 Å². The summed E-state index contributed by atoms with van der Waals surface area (Å²) in [6.45, 7) is 1.30. The van der Waals surface area contributed by atoms with Crippen LogP contribution in [0.1, 0.15) is 23.0 Å². The van der Waals surface area contributed by atoms with Crippen molar-refractivity contribution >= 4 is 40.2 Å². The number of nitrogens with zero attached hydrogens (tertiary/aromatic N) is 3. The molecule has 1 unspecified atom stereocenters. The zero-order chi connectivity index (χ0) is 22.7. The van der Waals surface area contributed by atoms with Gasteiger partial charge in [-0.05, 0) is 19.1 Å². The average molecular weight is 446 g/mol. The van der Waals surface area contributed by atoms with Gasteiger partial charge in [0.25, 0.3) is 5.91 Å². The summed E-state index contributed by atoms with van der Waals surface area (Å²) in [6.07, 6.45) is 0. The zero-order valence-corrected chi connectivity index (χ0v) is 17.7. The molecule has 1 aromatic heterocycles. The molecule has 0 spiro atoms. The summed E-state index contributed by atoms with van der Waals surface area (Å²) in [6, 6.07) is 10.6. The lowest BCUT2D eigenvalue weighted by Crippen LogP contribution is -2.46. The molecule has 0 saturated heterocycles. The molecular formula is C21H21ClFN5O3. The number of nitrogens with two attached hydrogens (primary N) is 1. The third kappa shape index (κ3) is 4.66. The number of likely N-dealkylation sites (N-methyl/N-ethyl adjacent to an activating group) is 1. The Hall–Kier alpha value is -3.46. The summed E-state index contributed by atoms with van der Waals surface area (Å²) >= 11 is 5.75. The van der Waals surface area contributed by atoms with E-state index in [0.29, 0.717) is 10.9 Å². The Morgan fingerprint density at radius 1 is 1.23 bits per heavy atom. The number of rotatable bonds is 7. The highest BCUT2D eigenvalue weighted by molar-refractivity contribution is 6.30. The van der Waals surface area contributed by atoms with E-state index in [1.165, 1.54) is 28.8 Å². The van der Waals surface area contributed by atoms with Crippen LogP contribution in [0.15, 0.2) is 42.5 Å². The predicted octanol–water partition coefficient (Wildman–Crippen LogP) is 2.09. The van der Waals surface area contributed by atoms with Gasteiger partial charge in [-0.2, -0.15) is 5.10 Å². The van der Waals surface area contributed by atoms with Crippen LogP contribution >= 0.6 is 11.6 Å². The van der Waals surface area contributed by atoms with Crippen molar-refractivity contribution in [1.29, 1.82) is 0 Å². The van der Waals surface area contributed by atoms with Crippen molar-refractivity contribution in [2.45, 2.75) is 26.1 Å². The molecule has 31 heavy (non-hydrogen) atoms. The predicted molar refractivity (Wildman–Crippen MR) is 114 cm³/mol. The molecule has 0 aliphatic rings. The van der Waals surface area contributed by atoms with E-state index in [1.54, 1.807) is 37.3 Å². The van der Waals surface area contributed by atoms with Gasteiger partial charge in [-0.25, -0.2) is 4.39 Å². The summed E-state index contributed by atoms with van der Waals surface area (Å²) in [4.78, 5) is 38.1. The van der Waals surface area contributed by atoms with Crippen LogP contribution in [0, 0.1) is 5.82 Å². The first-order chi connectivity index (χ1) is 14.7. The number of hydrogen-bond donors (Lipinski definition) is 2. The van der Waals surface area contributed by atoms with E-state index in [2.05, 4.69) is 10.4 Å². The van der Waals surface area contributed by atoms with Crippen LogP contribution < -0.4 is 11.1 Å². The molecule has 0 saturated carbocycles. The molecule has 0 bridgehead atoms. The molecule has 1 atom stereocenters. The normalized spacial score (nSPS) is 11.9. The van der Waals surface area contributed by atoms with Gasteiger partial charge >= 0.3 is 0 Å². The number of carbonyl (C=O) groups is 3. The smallest absolute Gasteiger partial charge is 0.269 e. The molecule has 0 aliphatic heterocycles. The fraction of sp³-hybridized carbons (Fsp3) is 0.238. The lowest BCUT2D eigenvalue weighted by atomic mass is 10.2. The van der Waals surface area contributed by atoms with Crippen molar-refractivity contribution in [3.63, 3.8) is 0 Å². The summed E-state index contributed by atoms with van der Waals surface area (Å²) in [7, 11) is 1.48. The number of aromatic nitrogens is 2. The van der Waals surface area contributed by atoms with Crippen LogP contribution in [0.3, 0.4) is 0 Å². The Labute approximate surface area is 182 Å². The van der Waals surface area contributed by atoms with Crippen molar-refractivity contribution in [2.24, 2.45) is 5.73 Å². The number of primary amides is 1. The quantitative estimate of drug-likeness (QED) is 0.580. The fourth-order valence-electron chi connectivity index (χ4n) is 3.08. The van der Waals surface area contributed by atoms with Gasteiger partial charge < -0.3 is 16.0 Å². The highest BCUT2D eigenvalue weighted by Crippen LogP contribution is 2.19. The Morgan fingerprint density at radius 3 is 2.65 bits per heavy atom. The number of amides is 3. The third-order valence-corrected chi connectivity index (χ3v) is 5.31. The first-order valence-corrected chi connectivity index (χ1v) is 9.80. The van der Waals surface area contributed by atoms with Gasteiger partial charge in [0, 0.05) is 24.5 Å². The molecule has 3 N–H and O–H groups in total. The standard InChI is InChI=1S/C21H21ClFN5O3/c1-12(21(31)25-10-13-6-5-8-15(22)18(13)23)27(2)17(29)11-28-16-9-4-3-7-14(16)19(26-28)20(24)30/h3-9,12H,10-11H2,1-2H3,(H2,24,30)(H,25,31). The molecule has 2 aromatic carbocycles. The molecular weight excluding hydrogens is 425 g/mol. The topological polar surface area (TPSA) is 110 Å². The van der Waals surface area contributed by atoms with Crippen LogP contribution in [-0.4, -0.2) is 45.5 Å². The maximum absolute atomic E-state index is 14.0. The van der Waals surface area contributed by atoms with Crippen molar-refractivity contribution in [3.8, 4) is 0 Å². The molecule has 3 amide bonds. The average Bonchev–Trinajstić information content (AvgIpc) is 3.12. The van der Waals surface area contributed by atoms with E-state index < -0.39 is 29.6 Å². The first-order valence-electron chi connectivity index (χ1n) is 9.42. The number of fused-ring (bicyclic) bond motifs is 1. The van der Waals surface area contributed by atoms with E-state index >= 15 is 0 Å². The number of carbonyl (C=O) groups excluding carboxylic acids is 3. The largest absolute Gasteiger partial charge is 0.364 e. The maximum Gasteiger partial charge on any atom is 0.269 e. The SMILES string of the molecule is CC(C(=O)NCc1cccc(Cl)c1F)N(C)C(=O)Cn1nc(C(N)=O)c2ccccc21. The van der Waals surface area contributed by atoms with Gasteiger partial charge in [-0.15, -0.1) is 0 Å². The van der Waals surface area contributed by atoms with Gasteiger partial charge in [0.1, 0.15) is 18.4 Å². The summed E-state index contributed by atoms with van der Waals surface area (Å²) < 4.78 is 15.4. The lowest BCUT2D eigenvalue weighted by molar-refractivity contribution is -0.138. The van der Waals surface area contributed by atoms with Crippen molar-refractivity contribution < 1.29 is 18.8 Å². The molecule has 0 radical (unpaired) electrons. The number of hydrogen-bond acceptors (Lipinski definition) is 4. The number of nitrogens with one attached hydrogen (secondary N) is 1. The van der Waals surface area contributed by atoms with Crippen LogP contribution in [-0.2, 0) is 22.7 Å². The van der Waals surface area contributed by atoms with Crippen molar-refractivity contribution in [2.75, 3.05) is 7.05 Å². The third-order valence-electron chi connectivity index (χ3n) is 5.01. The van der Waals surface area contributed by atoms with Crippen LogP contribution in [0.25, 0.3) is 10.9 Å². The first kappa shape index (κ1) is 22.2. The second-order valence-electron chi connectivity index (χ2n) is 7.00. The molecule has 162 valence electrons. The van der Waals surface area contributed by atoms with E-state index in [1.807, 2.05) is 0 Å². The molecule has 1 heterocycles. The van der Waals surface area contributed by atoms with E-state index in [0.717, 1.165) is 0 Å². The molecule has 0 fully saturated rings. The molecule has 3 rings (SSSR count). The maximum atomic E-state index is 14.0.